The average molecular weight is 651 g/mol. The highest BCUT2D eigenvalue weighted by molar-refractivity contribution is 6.26. The lowest BCUT2D eigenvalue weighted by molar-refractivity contribution is 0.908. The summed E-state index contributed by atoms with van der Waals surface area (Å²) in [5.74, 6) is 1.07. The lowest BCUT2D eigenvalue weighted by Gasteiger charge is -2.20. The maximum absolute atomic E-state index is 4.95. The number of nitrogens with zero attached hydrogens (tertiary/aromatic N) is 2. The van der Waals surface area contributed by atoms with Crippen LogP contribution >= 0.6 is 0 Å². The molecule has 2 heteroatoms. The molecule has 10 aromatic rings. The van der Waals surface area contributed by atoms with Gasteiger partial charge in [-0.05, 0) is 113 Å². The molecule has 9 aromatic carbocycles. The molecule has 51 heavy (non-hydrogen) atoms. The maximum Gasteiger partial charge on any atom is 0.114 e. The van der Waals surface area contributed by atoms with Crippen LogP contribution in [0, 0.1) is 0 Å². The Morgan fingerprint density at radius 2 is 1.04 bits per heavy atom. The van der Waals surface area contributed by atoms with Gasteiger partial charge in [0, 0.05) is 12.1 Å². The molecule has 0 bridgehead atoms. The molecular weight excluding hydrogens is 617 g/mol. The number of benzene rings is 9. The highest BCUT2D eigenvalue weighted by Crippen LogP contribution is 2.47. The predicted molar refractivity (Wildman–Crippen MR) is 217 cm³/mol. The summed E-state index contributed by atoms with van der Waals surface area (Å²) in [5, 5.41) is 10.1. The lowest BCUT2D eigenvalue weighted by atomic mass is 9.83. The Morgan fingerprint density at radius 3 is 1.82 bits per heavy atom. The first-order valence-electron chi connectivity index (χ1n) is 17.8. The number of aryl methyl sites for hydroxylation is 1. The van der Waals surface area contributed by atoms with Crippen LogP contribution in [-0.4, -0.2) is 9.55 Å². The van der Waals surface area contributed by atoms with Crippen LogP contribution in [0.2, 0.25) is 0 Å². The van der Waals surface area contributed by atoms with Crippen molar-refractivity contribution >= 4 is 54.1 Å². The van der Waals surface area contributed by atoms with Gasteiger partial charge >= 0.3 is 0 Å². The second-order valence-corrected chi connectivity index (χ2v) is 13.4. The third-order valence-corrected chi connectivity index (χ3v) is 10.5. The van der Waals surface area contributed by atoms with Gasteiger partial charge < -0.3 is 0 Å². The average Bonchev–Trinajstić information content (AvgIpc) is 3.59. The molecule has 10 rings (SSSR count). The largest absolute Gasteiger partial charge is 0.296 e. The summed E-state index contributed by atoms with van der Waals surface area (Å²) in [5.41, 5.74) is 10.7. The fourth-order valence-electron chi connectivity index (χ4n) is 8.23. The van der Waals surface area contributed by atoms with Crippen LogP contribution in [0.4, 0.5) is 0 Å². The van der Waals surface area contributed by atoms with Crippen LogP contribution in [0.1, 0.15) is 12.7 Å². The van der Waals surface area contributed by atoms with E-state index >= 15 is 0 Å². The highest BCUT2D eigenvalue weighted by Gasteiger charge is 2.20. The van der Waals surface area contributed by atoms with Crippen molar-refractivity contribution in [2.24, 2.45) is 0 Å². The molecule has 0 fully saturated rings. The summed E-state index contributed by atoms with van der Waals surface area (Å²) >= 11 is 0. The van der Waals surface area contributed by atoms with Gasteiger partial charge in [-0.1, -0.05) is 146 Å². The smallest absolute Gasteiger partial charge is 0.114 e. The fourth-order valence-corrected chi connectivity index (χ4v) is 8.23. The van der Waals surface area contributed by atoms with Crippen molar-refractivity contribution in [3.05, 3.63) is 182 Å². The van der Waals surface area contributed by atoms with E-state index in [1.54, 1.807) is 0 Å². The van der Waals surface area contributed by atoms with Gasteiger partial charge in [0.25, 0.3) is 0 Å². The van der Waals surface area contributed by atoms with E-state index < -0.39 is 0 Å². The Kier molecular flexibility index (Phi) is 6.82. The maximum atomic E-state index is 4.95. The predicted octanol–water partition coefficient (Wildman–Crippen LogP) is 13.2. The van der Waals surface area contributed by atoms with E-state index in [1.807, 2.05) is 0 Å². The molecule has 1 aromatic heterocycles. The topological polar surface area (TPSA) is 17.8 Å². The summed E-state index contributed by atoms with van der Waals surface area (Å²) in [7, 11) is 0. The summed E-state index contributed by atoms with van der Waals surface area (Å²) in [6, 6.07) is 64.3. The molecule has 2 nitrogen and oxygen atoms in total. The van der Waals surface area contributed by atoms with Crippen molar-refractivity contribution in [1.82, 2.24) is 9.55 Å². The van der Waals surface area contributed by atoms with Gasteiger partial charge in [-0.3, -0.25) is 4.57 Å². The molecule has 240 valence electrons. The molecule has 0 aliphatic carbocycles. The highest BCUT2D eigenvalue weighted by atomic mass is 15.1. The molecular formula is C49H34N2. The molecule has 0 N–H and O–H groups in total. The van der Waals surface area contributed by atoms with Gasteiger partial charge in [0.05, 0.1) is 11.0 Å². The van der Waals surface area contributed by atoms with Crippen LogP contribution in [0.5, 0.6) is 0 Å². The molecule has 0 spiro atoms. The van der Waals surface area contributed by atoms with Gasteiger partial charge in [0.15, 0.2) is 0 Å². The van der Waals surface area contributed by atoms with E-state index in [0.29, 0.717) is 0 Å². The molecule has 0 saturated heterocycles. The van der Waals surface area contributed by atoms with Crippen molar-refractivity contribution in [2.45, 2.75) is 13.3 Å². The monoisotopic (exact) mass is 650 g/mol. The van der Waals surface area contributed by atoms with Gasteiger partial charge in [-0.15, -0.1) is 0 Å². The van der Waals surface area contributed by atoms with Crippen molar-refractivity contribution in [3.8, 4) is 39.1 Å². The molecule has 0 radical (unpaired) electrons. The number of hydrogen-bond donors (Lipinski definition) is 0. The van der Waals surface area contributed by atoms with Gasteiger partial charge in [0.1, 0.15) is 5.82 Å². The van der Waals surface area contributed by atoms with E-state index in [2.05, 4.69) is 187 Å². The van der Waals surface area contributed by atoms with Crippen molar-refractivity contribution in [1.29, 1.82) is 0 Å². The molecule has 0 unspecified atom stereocenters. The van der Waals surface area contributed by atoms with E-state index in [4.69, 9.17) is 4.98 Å². The number of para-hydroxylation sites is 2. The summed E-state index contributed by atoms with van der Waals surface area (Å²) < 4.78 is 2.30. The zero-order valence-corrected chi connectivity index (χ0v) is 28.3. The van der Waals surface area contributed by atoms with Crippen LogP contribution in [0.15, 0.2) is 176 Å². The van der Waals surface area contributed by atoms with E-state index in [9.17, 15) is 0 Å². The van der Waals surface area contributed by atoms with Crippen LogP contribution in [-0.2, 0) is 6.42 Å². The first-order chi connectivity index (χ1) is 25.3. The standard InChI is InChI=1S/C49H34N2/c1-2-47-50-45-22-12-13-23-46(45)51(47)36-27-24-33(25-28-36)48-40-20-10-11-21-41(40)49(42-29-26-34(30-44(42)48)32-14-4-3-5-15-32)43-31-35-16-6-7-17-37(35)38-18-8-9-19-39(38)43/h3-31H,2H2,1H3. The minimum Gasteiger partial charge on any atom is -0.296 e. The first kappa shape index (κ1) is 29.4. The third kappa shape index (κ3) is 4.68. The molecule has 0 aliphatic rings. The van der Waals surface area contributed by atoms with Crippen molar-refractivity contribution in [2.75, 3.05) is 0 Å². The SMILES string of the molecule is CCc1nc2ccccc2n1-c1ccc(-c2c3ccccc3c(-c3cc4ccccc4c4ccccc34)c3ccc(-c4ccccc4)cc23)cc1. The van der Waals surface area contributed by atoms with Crippen molar-refractivity contribution in [3.63, 3.8) is 0 Å². The second-order valence-electron chi connectivity index (χ2n) is 13.4. The van der Waals surface area contributed by atoms with Crippen molar-refractivity contribution < 1.29 is 0 Å². The Bertz CT molecular complexity index is 2930. The Hall–Kier alpha value is -6.51. The second kappa shape index (κ2) is 11.8. The van der Waals surface area contributed by atoms with Gasteiger partial charge in [0.2, 0.25) is 0 Å². The van der Waals surface area contributed by atoms with Gasteiger partial charge in [-0.25, -0.2) is 4.98 Å². The van der Waals surface area contributed by atoms with Crippen LogP contribution in [0.25, 0.3) is 93.2 Å². The normalized spacial score (nSPS) is 11.7. The number of imidazole rings is 1. The number of rotatable bonds is 5. The number of hydrogen-bond acceptors (Lipinski definition) is 1. The molecule has 0 saturated carbocycles. The number of aromatic nitrogens is 2. The Balaban J connectivity index is 1.28. The molecule has 0 aliphatic heterocycles. The summed E-state index contributed by atoms with van der Waals surface area (Å²) in [4.78, 5) is 4.95. The minimum atomic E-state index is 0.860. The zero-order chi connectivity index (χ0) is 33.9. The molecule has 1 heterocycles. The molecule has 0 amide bonds. The minimum absolute atomic E-state index is 0.860. The van der Waals surface area contributed by atoms with E-state index in [0.717, 1.165) is 29.0 Å². The third-order valence-electron chi connectivity index (χ3n) is 10.5. The van der Waals surface area contributed by atoms with Gasteiger partial charge in [-0.2, -0.15) is 0 Å². The number of fused-ring (bicyclic) bond motifs is 6. The Labute approximate surface area is 296 Å². The van der Waals surface area contributed by atoms with Crippen LogP contribution in [0.3, 0.4) is 0 Å². The molecule has 0 atom stereocenters. The first-order valence-corrected chi connectivity index (χ1v) is 17.8. The zero-order valence-electron chi connectivity index (χ0n) is 28.3. The lowest BCUT2D eigenvalue weighted by Crippen LogP contribution is -2.00. The summed E-state index contributed by atoms with van der Waals surface area (Å²) in [6.07, 6.45) is 0.860. The quantitative estimate of drug-likeness (QED) is 0.134. The fraction of sp³-hybridized carbons (Fsp3) is 0.0408. The van der Waals surface area contributed by atoms with E-state index in [-0.39, 0.29) is 0 Å². The Morgan fingerprint density at radius 1 is 0.431 bits per heavy atom. The summed E-state index contributed by atoms with van der Waals surface area (Å²) in [6.45, 7) is 2.18. The van der Waals surface area contributed by atoms with Crippen LogP contribution < -0.4 is 0 Å². The van der Waals surface area contributed by atoms with E-state index in [1.165, 1.54) is 76.5 Å².